The highest BCUT2D eigenvalue weighted by molar-refractivity contribution is 7.17. The Balaban J connectivity index is 2.20. The average molecular weight is 275 g/mol. The van der Waals surface area contributed by atoms with Gasteiger partial charge in [-0.1, -0.05) is 18.3 Å². The molecule has 0 radical (unpaired) electrons. The van der Waals surface area contributed by atoms with E-state index in [1.165, 1.54) is 4.90 Å². The van der Waals surface area contributed by atoms with E-state index >= 15 is 0 Å². The molecule has 0 bridgehead atoms. The largest absolute Gasteiger partial charge is 0.353 e. The highest BCUT2D eigenvalue weighted by atomic mass is 35.5. The molecule has 1 N–H and O–H groups in total. The van der Waals surface area contributed by atoms with E-state index in [1.54, 1.807) is 0 Å². The number of carbonyl (C=O) groups is 2. The van der Waals surface area contributed by atoms with Gasteiger partial charge in [0, 0.05) is 13.1 Å². The molecule has 17 heavy (non-hydrogen) atoms. The Morgan fingerprint density at radius 3 is 3.00 bits per heavy atom. The third kappa shape index (κ3) is 2.39. The van der Waals surface area contributed by atoms with Crippen LogP contribution in [0.2, 0.25) is 4.47 Å². The lowest BCUT2D eigenvalue weighted by Gasteiger charge is -2.33. The van der Waals surface area contributed by atoms with Gasteiger partial charge in [0.05, 0.1) is 0 Å². The molecule has 1 aliphatic rings. The van der Waals surface area contributed by atoms with E-state index in [0.717, 1.165) is 11.3 Å². The van der Waals surface area contributed by atoms with Crippen molar-refractivity contribution in [3.05, 3.63) is 9.47 Å². The van der Waals surface area contributed by atoms with Gasteiger partial charge in [0.1, 0.15) is 6.04 Å². The molecule has 1 aromatic rings. The summed E-state index contributed by atoms with van der Waals surface area (Å²) < 4.78 is 0.225. The van der Waals surface area contributed by atoms with E-state index in [9.17, 15) is 9.59 Å². The predicted octanol–water partition coefficient (Wildman–Crippen LogP) is 0.542. The zero-order valence-corrected chi connectivity index (χ0v) is 10.7. The second kappa shape index (κ2) is 4.97. The number of aromatic nitrogens is 2. The second-order valence-electron chi connectivity index (χ2n) is 3.57. The van der Waals surface area contributed by atoms with Crippen LogP contribution in [-0.4, -0.2) is 46.0 Å². The van der Waals surface area contributed by atoms with Crippen LogP contribution in [0.3, 0.4) is 0 Å². The predicted molar refractivity (Wildman–Crippen MR) is 63.0 cm³/mol. The van der Waals surface area contributed by atoms with Crippen LogP contribution in [0.1, 0.15) is 23.1 Å². The standard InChI is InChI=1S/C9H11ClN4O2S/c1-2-5-6(15)11-3-4-14(5)8(16)7-12-13-9(10)17-7/h5H,2-4H2,1H3,(H,11,15). The Morgan fingerprint density at radius 1 is 1.65 bits per heavy atom. The van der Waals surface area contributed by atoms with E-state index in [4.69, 9.17) is 11.6 Å². The van der Waals surface area contributed by atoms with Crippen LogP contribution in [0.15, 0.2) is 0 Å². The van der Waals surface area contributed by atoms with E-state index < -0.39 is 6.04 Å². The molecule has 6 nitrogen and oxygen atoms in total. The first-order valence-electron chi connectivity index (χ1n) is 5.21. The number of hydrogen-bond donors (Lipinski definition) is 1. The molecule has 1 fully saturated rings. The zero-order chi connectivity index (χ0) is 12.4. The summed E-state index contributed by atoms with van der Waals surface area (Å²) in [6.45, 7) is 2.82. The number of piperazine rings is 1. The lowest BCUT2D eigenvalue weighted by atomic mass is 10.1. The minimum atomic E-state index is -0.432. The summed E-state index contributed by atoms with van der Waals surface area (Å²) in [7, 11) is 0. The molecule has 0 saturated carbocycles. The summed E-state index contributed by atoms with van der Waals surface area (Å²) in [4.78, 5) is 25.3. The third-order valence-electron chi connectivity index (χ3n) is 2.56. The molecule has 1 atom stereocenters. The summed E-state index contributed by atoms with van der Waals surface area (Å²) >= 11 is 6.66. The zero-order valence-electron chi connectivity index (χ0n) is 9.14. The molecule has 1 aromatic heterocycles. The van der Waals surface area contributed by atoms with Crippen LogP contribution in [0.25, 0.3) is 0 Å². The van der Waals surface area contributed by atoms with Gasteiger partial charge in [-0.2, -0.15) is 0 Å². The van der Waals surface area contributed by atoms with E-state index in [-0.39, 0.29) is 21.3 Å². The summed E-state index contributed by atoms with van der Waals surface area (Å²) in [5.41, 5.74) is 0. The van der Waals surface area contributed by atoms with Gasteiger partial charge in [-0.3, -0.25) is 9.59 Å². The number of hydrogen-bond acceptors (Lipinski definition) is 5. The molecule has 1 saturated heterocycles. The number of amides is 2. The smallest absolute Gasteiger partial charge is 0.285 e. The van der Waals surface area contributed by atoms with Crippen LogP contribution in [0.5, 0.6) is 0 Å². The fourth-order valence-electron chi connectivity index (χ4n) is 1.78. The minimum Gasteiger partial charge on any atom is -0.353 e. The molecule has 0 spiro atoms. The van der Waals surface area contributed by atoms with Gasteiger partial charge >= 0.3 is 0 Å². The normalized spacial score (nSPS) is 20.2. The van der Waals surface area contributed by atoms with Gasteiger partial charge < -0.3 is 10.2 Å². The van der Waals surface area contributed by atoms with Gasteiger partial charge in [0.25, 0.3) is 5.91 Å². The molecule has 0 aliphatic carbocycles. The summed E-state index contributed by atoms with van der Waals surface area (Å²) in [5.74, 6) is -0.404. The fraction of sp³-hybridized carbons (Fsp3) is 0.556. The maximum atomic E-state index is 12.1. The second-order valence-corrected chi connectivity index (χ2v) is 5.13. The van der Waals surface area contributed by atoms with Crippen molar-refractivity contribution >= 4 is 34.8 Å². The Labute approximate surface area is 107 Å². The summed E-state index contributed by atoms with van der Waals surface area (Å²) in [6.07, 6.45) is 0.574. The van der Waals surface area contributed by atoms with Crippen molar-refractivity contribution in [3.63, 3.8) is 0 Å². The summed E-state index contributed by atoms with van der Waals surface area (Å²) in [5, 5.41) is 10.2. The lowest BCUT2D eigenvalue weighted by molar-refractivity contribution is -0.127. The van der Waals surface area contributed by atoms with Gasteiger partial charge in [-0.15, -0.1) is 10.2 Å². The fourth-order valence-corrected chi connectivity index (χ4v) is 2.56. The Bertz CT molecular complexity index is 450. The molecule has 2 amide bonds. The molecule has 1 aliphatic heterocycles. The van der Waals surface area contributed by atoms with Gasteiger partial charge in [-0.25, -0.2) is 0 Å². The van der Waals surface area contributed by atoms with Gasteiger partial charge in [0.2, 0.25) is 15.4 Å². The van der Waals surface area contributed by atoms with Crippen molar-refractivity contribution in [2.75, 3.05) is 13.1 Å². The molecule has 92 valence electrons. The lowest BCUT2D eigenvalue weighted by Crippen LogP contribution is -2.56. The maximum absolute atomic E-state index is 12.1. The van der Waals surface area contributed by atoms with Gasteiger partial charge in [-0.05, 0) is 18.0 Å². The third-order valence-corrected chi connectivity index (χ3v) is 3.57. The number of nitrogens with zero attached hydrogens (tertiary/aromatic N) is 3. The first kappa shape index (κ1) is 12.3. The number of halogens is 1. The van der Waals surface area contributed by atoms with Crippen LogP contribution >= 0.6 is 22.9 Å². The first-order chi connectivity index (χ1) is 8.13. The van der Waals surface area contributed by atoms with Crippen molar-refractivity contribution < 1.29 is 9.59 Å². The molecular formula is C9H11ClN4O2S. The molecule has 2 rings (SSSR count). The quantitative estimate of drug-likeness (QED) is 0.854. The number of rotatable bonds is 2. The molecule has 1 unspecified atom stereocenters. The van der Waals surface area contributed by atoms with Crippen LogP contribution < -0.4 is 5.32 Å². The minimum absolute atomic E-state index is 0.122. The Hall–Kier alpha value is -1.21. The van der Waals surface area contributed by atoms with E-state index in [2.05, 4.69) is 15.5 Å². The molecule has 2 heterocycles. The molecule has 0 aromatic carbocycles. The Morgan fingerprint density at radius 2 is 2.41 bits per heavy atom. The van der Waals surface area contributed by atoms with Crippen molar-refractivity contribution in [2.24, 2.45) is 0 Å². The molecular weight excluding hydrogens is 264 g/mol. The maximum Gasteiger partial charge on any atom is 0.285 e. The van der Waals surface area contributed by atoms with Crippen LogP contribution in [-0.2, 0) is 4.79 Å². The monoisotopic (exact) mass is 274 g/mol. The number of carbonyl (C=O) groups excluding carboxylic acids is 2. The molecule has 8 heteroatoms. The van der Waals surface area contributed by atoms with Crippen molar-refractivity contribution in [2.45, 2.75) is 19.4 Å². The van der Waals surface area contributed by atoms with Crippen LogP contribution in [0.4, 0.5) is 0 Å². The Kier molecular flexibility index (Phi) is 3.58. The van der Waals surface area contributed by atoms with E-state index in [1.807, 2.05) is 6.92 Å². The summed E-state index contributed by atoms with van der Waals surface area (Å²) in [6, 6.07) is -0.432. The highest BCUT2D eigenvalue weighted by Crippen LogP contribution is 2.19. The number of nitrogens with one attached hydrogen (secondary N) is 1. The SMILES string of the molecule is CCC1C(=O)NCCN1C(=O)c1nnc(Cl)s1. The van der Waals surface area contributed by atoms with Crippen molar-refractivity contribution in [1.29, 1.82) is 0 Å². The van der Waals surface area contributed by atoms with Crippen molar-refractivity contribution in [1.82, 2.24) is 20.4 Å². The van der Waals surface area contributed by atoms with Gasteiger partial charge in [0.15, 0.2) is 0 Å². The van der Waals surface area contributed by atoms with E-state index in [0.29, 0.717) is 19.5 Å². The average Bonchev–Trinajstić information content (AvgIpc) is 2.74. The first-order valence-corrected chi connectivity index (χ1v) is 6.40. The highest BCUT2D eigenvalue weighted by Gasteiger charge is 2.33. The topological polar surface area (TPSA) is 75.2 Å². The van der Waals surface area contributed by atoms with Crippen molar-refractivity contribution in [3.8, 4) is 0 Å². The van der Waals surface area contributed by atoms with Crippen LogP contribution in [0, 0.1) is 0 Å².